The van der Waals surface area contributed by atoms with Gasteiger partial charge in [-0.05, 0) is 37.3 Å². The largest absolute Gasteiger partial charge is 0.477 e. The first kappa shape index (κ1) is 15.9. The highest BCUT2D eigenvalue weighted by atomic mass is 35.5. The highest BCUT2D eigenvalue weighted by molar-refractivity contribution is 6.31. The van der Waals surface area contributed by atoms with Crippen molar-refractivity contribution in [2.45, 2.75) is 6.92 Å². The topological polar surface area (TPSA) is 81.9 Å². The van der Waals surface area contributed by atoms with E-state index in [1.807, 2.05) is 6.92 Å². The molecule has 24 heavy (non-hydrogen) atoms. The molecule has 2 heterocycles. The van der Waals surface area contributed by atoms with Gasteiger partial charge in [-0.2, -0.15) is 5.10 Å². The van der Waals surface area contributed by atoms with Gasteiger partial charge in [-0.1, -0.05) is 11.6 Å². The number of carbonyl (C=O) groups excluding carboxylic acids is 1. The van der Waals surface area contributed by atoms with Gasteiger partial charge in [0.15, 0.2) is 0 Å². The quantitative estimate of drug-likeness (QED) is 0.770. The molecule has 1 aromatic carbocycles. The summed E-state index contributed by atoms with van der Waals surface area (Å²) in [4.78, 5) is 20.6. The summed E-state index contributed by atoms with van der Waals surface area (Å²) in [6.07, 6.45) is 4.52. The molecule has 0 saturated heterocycles. The van der Waals surface area contributed by atoms with E-state index in [2.05, 4.69) is 20.4 Å². The molecule has 1 N–H and O–H groups in total. The van der Waals surface area contributed by atoms with Gasteiger partial charge >= 0.3 is 0 Å². The van der Waals surface area contributed by atoms with Crippen LogP contribution < -0.4 is 10.1 Å². The maximum absolute atomic E-state index is 12.6. The van der Waals surface area contributed by atoms with E-state index in [1.165, 1.54) is 12.7 Å². The molecule has 122 valence electrons. The second-order valence-electron chi connectivity index (χ2n) is 4.74. The fourth-order valence-corrected chi connectivity index (χ4v) is 2.32. The van der Waals surface area contributed by atoms with Gasteiger partial charge in [-0.15, -0.1) is 0 Å². The molecule has 7 nitrogen and oxygen atoms in total. The van der Waals surface area contributed by atoms with Crippen molar-refractivity contribution >= 4 is 23.2 Å². The molecule has 0 fully saturated rings. The highest BCUT2D eigenvalue weighted by Crippen LogP contribution is 2.25. The first-order chi connectivity index (χ1) is 11.7. The summed E-state index contributed by atoms with van der Waals surface area (Å²) >= 11 is 6.06. The van der Waals surface area contributed by atoms with Gasteiger partial charge < -0.3 is 10.1 Å². The molecule has 0 bridgehead atoms. The van der Waals surface area contributed by atoms with Crippen LogP contribution in [0.3, 0.4) is 0 Å². The summed E-state index contributed by atoms with van der Waals surface area (Å²) < 4.78 is 6.94. The van der Waals surface area contributed by atoms with Crippen molar-refractivity contribution < 1.29 is 9.53 Å². The van der Waals surface area contributed by atoms with E-state index in [0.29, 0.717) is 28.6 Å². The van der Waals surface area contributed by atoms with E-state index in [9.17, 15) is 4.79 Å². The number of nitrogens with zero attached hydrogens (tertiary/aromatic N) is 4. The molecule has 0 aliphatic carbocycles. The number of pyridine rings is 1. The van der Waals surface area contributed by atoms with Crippen molar-refractivity contribution in [2.24, 2.45) is 0 Å². The first-order valence-corrected chi connectivity index (χ1v) is 7.60. The average molecular weight is 344 g/mol. The third kappa shape index (κ3) is 3.36. The molecule has 8 heteroatoms. The van der Waals surface area contributed by atoms with Gasteiger partial charge in [0.05, 0.1) is 18.0 Å². The number of anilines is 1. The molecule has 0 unspecified atom stereocenters. The maximum Gasteiger partial charge on any atom is 0.261 e. The van der Waals surface area contributed by atoms with E-state index in [4.69, 9.17) is 16.3 Å². The lowest BCUT2D eigenvalue weighted by atomic mass is 10.2. The van der Waals surface area contributed by atoms with Crippen LogP contribution in [0, 0.1) is 0 Å². The predicted octanol–water partition coefficient (Wildman–Crippen LogP) is 2.97. The van der Waals surface area contributed by atoms with Crippen molar-refractivity contribution in [3.05, 3.63) is 59.8 Å². The van der Waals surface area contributed by atoms with Crippen molar-refractivity contribution in [1.82, 2.24) is 19.7 Å². The number of halogens is 1. The average Bonchev–Trinajstić information content (AvgIpc) is 3.10. The number of ether oxygens (including phenoxy) is 1. The van der Waals surface area contributed by atoms with Crippen LogP contribution >= 0.6 is 11.6 Å². The van der Waals surface area contributed by atoms with Crippen LogP contribution in [0.2, 0.25) is 5.02 Å². The Kier molecular flexibility index (Phi) is 4.72. The maximum atomic E-state index is 12.6. The van der Waals surface area contributed by atoms with E-state index in [1.54, 1.807) is 41.2 Å². The van der Waals surface area contributed by atoms with Crippen LogP contribution in [0.5, 0.6) is 5.88 Å². The van der Waals surface area contributed by atoms with Crippen LogP contribution in [0.4, 0.5) is 5.69 Å². The Hall–Kier alpha value is -2.93. The van der Waals surface area contributed by atoms with E-state index in [-0.39, 0.29) is 11.8 Å². The Morgan fingerprint density at radius 1 is 1.38 bits per heavy atom. The Morgan fingerprint density at radius 2 is 2.25 bits per heavy atom. The van der Waals surface area contributed by atoms with E-state index in [0.717, 1.165) is 0 Å². The second kappa shape index (κ2) is 7.10. The van der Waals surface area contributed by atoms with Crippen LogP contribution in [0.25, 0.3) is 5.69 Å². The molecule has 0 aliphatic heterocycles. The highest BCUT2D eigenvalue weighted by Gasteiger charge is 2.16. The lowest BCUT2D eigenvalue weighted by Gasteiger charge is -2.13. The summed E-state index contributed by atoms with van der Waals surface area (Å²) in [7, 11) is 0. The minimum atomic E-state index is -0.352. The van der Waals surface area contributed by atoms with Gasteiger partial charge in [0.25, 0.3) is 5.91 Å². The zero-order chi connectivity index (χ0) is 16.9. The summed E-state index contributed by atoms with van der Waals surface area (Å²) in [5.41, 5.74) is 1.49. The Bertz CT molecular complexity index is 851. The van der Waals surface area contributed by atoms with E-state index >= 15 is 0 Å². The van der Waals surface area contributed by atoms with Gasteiger partial charge in [0.2, 0.25) is 5.88 Å². The van der Waals surface area contributed by atoms with Crippen molar-refractivity contribution in [3.8, 4) is 11.6 Å². The molecule has 0 aliphatic rings. The molecule has 1 amide bonds. The van der Waals surface area contributed by atoms with Gasteiger partial charge in [0.1, 0.15) is 18.2 Å². The first-order valence-electron chi connectivity index (χ1n) is 7.22. The monoisotopic (exact) mass is 343 g/mol. The number of benzene rings is 1. The third-order valence-corrected chi connectivity index (χ3v) is 3.40. The van der Waals surface area contributed by atoms with Gasteiger partial charge in [-0.25, -0.2) is 14.6 Å². The lowest BCUT2D eigenvalue weighted by molar-refractivity contribution is 0.102. The number of rotatable bonds is 5. The molecule has 3 rings (SSSR count). The Balaban J connectivity index is 1.94. The van der Waals surface area contributed by atoms with Crippen molar-refractivity contribution in [1.29, 1.82) is 0 Å². The summed E-state index contributed by atoms with van der Waals surface area (Å²) in [6.45, 7) is 2.24. The fourth-order valence-electron chi connectivity index (χ4n) is 2.15. The van der Waals surface area contributed by atoms with Crippen LogP contribution in [-0.2, 0) is 0 Å². The standard InChI is InChI=1S/C16H14ClN5O2/c1-2-24-16-12(4-3-7-19-16)15(23)21-13-8-11(17)5-6-14(13)22-10-18-9-20-22/h3-10H,2H2,1H3,(H,21,23). The smallest absolute Gasteiger partial charge is 0.261 e. The number of hydrogen-bond donors (Lipinski definition) is 1. The molecule has 0 saturated carbocycles. The molecule has 3 aromatic rings. The molecular formula is C16H14ClN5O2. The number of nitrogens with one attached hydrogen (secondary N) is 1. The summed E-state index contributed by atoms with van der Waals surface area (Å²) in [6, 6.07) is 8.43. The normalized spacial score (nSPS) is 10.4. The van der Waals surface area contributed by atoms with Gasteiger partial charge in [0, 0.05) is 11.2 Å². The number of aromatic nitrogens is 4. The lowest BCUT2D eigenvalue weighted by Crippen LogP contribution is -2.16. The fraction of sp³-hybridized carbons (Fsp3) is 0.125. The van der Waals surface area contributed by atoms with Crippen LogP contribution in [0.15, 0.2) is 49.2 Å². The zero-order valence-corrected chi connectivity index (χ0v) is 13.6. The number of hydrogen-bond acceptors (Lipinski definition) is 5. The zero-order valence-electron chi connectivity index (χ0n) is 12.8. The van der Waals surface area contributed by atoms with Crippen LogP contribution in [-0.4, -0.2) is 32.3 Å². The van der Waals surface area contributed by atoms with Crippen molar-refractivity contribution in [2.75, 3.05) is 11.9 Å². The predicted molar refractivity (Wildman–Crippen MR) is 89.7 cm³/mol. The molecular weight excluding hydrogens is 330 g/mol. The van der Waals surface area contributed by atoms with Gasteiger partial charge in [-0.3, -0.25) is 4.79 Å². The molecule has 0 radical (unpaired) electrons. The Morgan fingerprint density at radius 3 is 3.00 bits per heavy atom. The van der Waals surface area contributed by atoms with E-state index < -0.39 is 0 Å². The summed E-state index contributed by atoms with van der Waals surface area (Å²) in [5.74, 6) is -0.0722. The number of carbonyl (C=O) groups is 1. The minimum Gasteiger partial charge on any atom is -0.477 e. The number of amides is 1. The van der Waals surface area contributed by atoms with Crippen LogP contribution in [0.1, 0.15) is 17.3 Å². The molecule has 0 atom stereocenters. The minimum absolute atomic E-state index is 0.279. The Labute approximate surface area is 143 Å². The van der Waals surface area contributed by atoms with Crippen molar-refractivity contribution in [3.63, 3.8) is 0 Å². The SMILES string of the molecule is CCOc1ncccc1C(=O)Nc1cc(Cl)ccc1-n1cncn1. The molecule has 0 spiro atoms. The third-order valence-electron chi connectivity index (χ3n) is 3.17. The second-order valence-corrected chi connectivity index (χ2v) is 5.18. The molecule has 2 aromatic heterocycles. The summed E-state index contributed by atoms with van der Waals surface area (Å²) in [5, 5.41) is 7.39.